The predicted molar refractivity (Wildman–Crippen MR) is 97.7 cm³/mol. The maximum atomic E-state index is 12.3. The van der Waals surface area contributed by atoms with Crippen molar-refractivity contribution >= 4 is 51.4 Å². The van der Waals surface area contributed by atoms with Crippen LogP contribution in [0.25, 0.3) is 10.9 Å². The summed E-state index contributed by atoms with van der Waals surface area (Å²) in [6.07, 6.45) is 1.59. The minimum atomic E-state index is -0.277. The van der Waals surface area contributed by atoms with Gasteiger partial charge in [-0.2, -0.15) is 0 Å². The maximum Gasteiger partial charge on any atom is 0.244 e. The summed E-state index contributed by atoms with van der Waals surface area (Å²) in [5.41, 5.74) is 7.00. The Balaban J connectivity index is 1.86. The minimum absolute atomic E-state index is 0.0421. The number of halogens is 2. The quantitative estimate of drug-likeness (QED) is 0.700. The lowest BCUT2D eigenvalue weighted by molar-refractivity contribution is -0.116. The topological polar surface area (TPSA) is 77.1 Å². The van der Waals surface area contributed by atoms with Gasteiger partial charge in [-0.05, 0) is 24.3 Å². The lowest BCUT2D eigenvalue weighted by atomic mass is 10.2. The fourth-order valence-corrected chi connectivity index (χ4v) is 2.90. The average Bonchev–Trinajstić information content (AvgIpc) is 2.55. The molecule has 0 atom stereocenters. The maximum absolute atomic E-state index is 12.3. The Morgan fingerprint density at radius 2 is 1.79 bits per heavy atom. The molecular weight excluding hydrogens is 349 g/mol. The smallest absolute Gasteiger partial charge is 0.244 e. The van der Waals surface area contributed by atoms with Crippen molar-refractivity contribution in [2.45, 2.75) is 6.54 Å². The molecule has 5 nitrogen and oxygen atoms in total. The van der Waals surface area contributed by atoms with E-state index in [1.54, 1.807) is 29.0 Å². The fraction of sp³-hybridized carbons (Fsp3) is 0.0588. The number of hydrogen-bond donors (Lipinski definition) is 2. The van der Waals surface area contributed by atoms with Crippen molar-refractivity contribution in [3.05, 3.63) is 68.9 Å². The molecule has 0 saturated heterocycles. The summed E-state index contributed by atoms with van der Waals surface area (Å²) in [4.78, 5) is 24.2. The number of carbonyl (C=O) groups is 1. The van der Waals surface area contributed by atoms with E-state index in [9.17, 15) is 9.59 Å². The van der Waals surface area contributed by atoms with E-state index < -0.39 is 0 Å². The molecule has 3 rings (SSSR count). The molecule has 0 unspecified atom stereocenters. The van der Waals surface area contributed by atoms with Crippen LogP contribution in [0.15, 0.2) is 53.5 Å². The highest BCUT2D eigenvalue weighted by atomic mass is 35.5. The number of amides is 1. The first-order valence-corrected chi connectivity index (χ1v) is 7.84. The molecule has 3 aromatic rings. The molecule has 0 aliphatic heterocycles. The second-order valence-electron chi connectivity index (χ2n) is 5.23. The van der Waals surface area contributed by atoms with Gasteiger partial charge in [0.05, 0.1) is 21.2 Å². The lowest BCUT2D eigenvalue weighted by Crippen LogP contribution is -2.20. The van der Waals surface area contributed by atoms with Crippen LogP contribution >= 0.6 is 23.2 Å². The van der Waals surface area contributed by atoms with E-state index >= 15 is 0 Å². The molecule has 0 saturated carbocycles. The normalized spacial score (nSPS) is 10.8. The molecule has 0 radical (unpaired) electrons. The monoisotopic (exact) mass is 361 g/mol. The zero-order valence-corrected chi connectivity index (χ0v) is 13.9. The summed E-state index contributed by atoms with van der Waals surface area (Å²) in [7, 11) is 0. The number of aromatic nitrogens is 1. The van der Waals surface area contributed by atoms with Crippen molar-refractivity contribution in [1.29, 1.82) is 0 Å². The highest BCUT2D eigenvalue weighted by Crippen LogP contribution is 2.31. The molecule has 0 bridgehead atoms. The molecule has 0 aliphatic rings. The largest absolute Gasteiger partial charge is 0.396 e. The lowest BCUT2D eigenvalue weighted by Gasteiger charge is -2.12. The number of para-hydroxylation sites is 1. The Bertz CT molecular complexity index is 976. The van der Waals surface area contributed by atoms with Crippen molar-refractivity contribution in [3.63, 3.8) is 0 Å². The first kappa shape index (κ1) is 16.4. The molecule has 3 N–H and O–H groups in total. The third-order valence-corrected chi connectivity index (χ3v) is 4.19. The highest BCUT2D eigenvalue weighted by Gasteiger charge is 2.10. The number of nitrogens with two attached hydrogens (primary N) is 1. The van der Waals surface area contributed by atoms with E-state index in [0.29, 0.717) is 16.6 Å². The first-order valence-electron chi connectivity index (χ1n) is 7.08. The highest BCUT2D eigenvalue weighted by molar-refractivity contribution is 6.39. The molecule has 1 heterocycles. The van der Waals surface area contributed by atoms with E-state index in [-0.39, 0.29) is 33.6 Å². The molecule has 0 spiro atoms. The summed E-state index contributed by atoms with van der Waals surface area (Å²) in [5, 5.41) is 3.82. The standard InChI is InChI=1S/C17H13Cl2N3O2/c18-12-7-10(8-13(19)17(12)20)21-16(24)9-22-6-5-15(23)11-3-1-2-4-14(11)22/h1-8H,9,20H2,(H,21,24). The number of hydrogen-bond acceptors (Lipinski definition) is 3. The molecule has 122 valence electrons. The van der Waals surface area contributed by atoms with Crippen LogP contribution < -0.4 is 16.5 Å². The third kappa shape index (κ3) is 3.22. The number of rotatable bonds is 3. The van der Waals surface area contributed by atoms with Gasteiger partial charge >= 0.3 is 0 Å². The summed E-state index contributed by atoms with van der Waals surface area (Å²) in [6.45, 7) is 0.0421. The van der Waals surface area contributed by atoms with Crippen LogP contribution in [0, 0.1) is 0 Å². The first-order chi connectivity index (χ1) is 11.5. The number of nitrogens with one attached hydrogen (secondary N) is 1. The predicted octanol–water partition coefficient (Wildman–Crippen LogP) is 3.53. The fourth-order valence-electron chi connectivity index (χ4n) is 2.41. The Morgan fingerprint density at radius 1 is 1.12 bits per heavy atom. The number of carbonyl (C=O) groups excluding carboxylic acids is 1. The number of nitrogen functional groups attached to an aromatic ring is 1. The van der Waals surface area contributed by atoms with Crippen LogP contribution in [0.3, 0.4) is 0 Å². The van der Waals surface area contributed by atoms with Gasteiger partial charge in [0.2, 0.25) is 5.91 Å². The van der Waals surface area contributed by atoms with E-state index in [1.165, 1.54) is 18.2 Å². The van der Waals surface area contributed by atoms with E-state index in [2.05, 4.69) is 5.32 Å². The molecule has 1 amide bonds. The van der Waals surface area contributed by atoms with Gasteiger partial charge in [0.15, 0.2) is 5.43 Å². The van der Waals surface area contributed by atoms with Crippen molar-refractivity contribution < 1.29 is 4.79 Å². The zero-order valence-electron chi connectivity index (χ0n) is 12.4. The third-order valence-electron chi connectivity index (χ3n) is 3.56. The molecule has 24 heavy (non-hydrogen) atoms. The molecular formula is C17H13Cl2N3O2. The van der Waals surface area contributed by atoms with Crippen LogP contribution in [-0.2, 0) is 11.3 Å². The van der Waals surface area contributed by atoms with Gasteiger partial charge in [-0.1, -0.05) is 35.3 Å². The van der Waals surface area contributed by atoms with E-state index in [1.807, 2.05) is 6.07 Å². The Hall–Kier alpha value is -2.50. The number of nitrogens with zero attached hydrogens (tertiary/aromatic N) is 1. The van der Waals surface area contributed by atoms with Gasteiger partial charge in [0, 0.05) is 23.3 Å². The van der Waals surface area contributed by atoms with E-state index in [4.69, 9.17) is 28.9 Å². The Kier molecular flexibility index (Phi) is 4.46. The SMILES string of the molecule is Nc1c(Cl)cc(NC(=O)Cn2ccc(=O)c3ccccc32)cc1Cl. The second kappa shape index (κ2) is 6.55. The molecule has 0 aliphatic carbocycles. The Morgan fingerprint density at radius 3 is 2.50 bits per heavy atom. The average molecular weight is 362 g/mol. The van der Waals surface area contributed by atoms with Crippen LogP contribution in [-0.4, -0.2) is 10.5 Å². The van der Waals surface area contributed by atoms with Gasteiger partial charge in [0.25, 0.3) is 0 Å². The van der Waals surface area contributed by atoms with Crippen LogP contribution in [0.4, 0.5) is 11.4 Å². The van der Waals surface area contributed by atoms with Crippen LogP contribution in [0.2, 0.25) is 10.0 Å². The van der Waals surface area contributed by atoms with Crippen molar-refractivity contribution in [1.82, 2.24) is 4.57 Å². The van der Waals surface area contributed by atoms with Gasteiger partial charge < -0.3 is 15.6 Å². The molecule has 0 fully saturated rings. The zero-order chi connectivity index (χ0) is 17.3. The number of benzene rings is 2. The van der Waals surface area contributed by atoms with Crippen LogP contribution in [0.1, 0.15) is 0 Å². The van der Waals surface area contributed by atoms with E-state index in [0.717, 1.165) is 0 Å². The molecule has 2 aromatic carbocycles. The molecule has 7 heteroatoms. The summed E-state index contributed by atoms with van der Waals surface area (Å²) < 4.78 is 1.70. The second-order valence-corrected chi connectivity index (χ2v) is 6.04. The van der Waals surface area contributed by atoms with Gasteiger partial charge in [0.1, 0.15) is 6.54 Å². The van der Waals surface area contributed by atoms with Crippen molar-refractivity contribution in [3.8, 4) is 0 Å². The van der Waals surface area contributed by atoms with Crippen molar-refractivity contribution in [2.75, 3.05) is 11.1 Å². The van der Waals surface area contributed by atoms with Gasteiger partial charge in [-0.3, -0.25) is 9.59 Å². The Labute approximate surface area is 147 Å². The number of pyridine rings is 1. The van der Waals surface area contributed by atoms with Crippen LogP contribution in [0.5, 0.6) is 0 Å². The summed E-state index contributed by atoms with van der Waals surface area (Å²) >= 11 is 11.9. The number of fused-ring (bicyclic) bond motifs is 1. The summed E-state index contributed by atoms with van der Waals surface area (Å²) in [5.74, 6) is -0.277. The minimum Gasteiger partial charge on any atom is -0.396 e. The van der Waals surface area contributed by atoms with Gasteiger partial charge in [-0.15, -0.1) is 0 Å². The molecule has 1 aromatic heterocycles. The number of anilines is 2. The van der Waals surface area contributed by atoms with Crippen molar-refractivity contribution in [2.24, 2.45) is 0 Å². The summed E-state index contributed by atoms with van der Waals surface area (Å²) in [6, 6.07) is 11.6. The van der Waals surface area contributed by atoms with Gasteiger partial charge in [-0.25, -0.2) is 0 Å².